The highest BCUT2D eigenvalue weighted by Gasteiger charge is 2.14. The van der Waals surface area contributed by atoms with Gasteiger partial charge in [-0.2, -0.15) is 0 Å². The molecule has 0 radical (unpaired) electrons. The Morgan fingerprint density at radius 1 is 0.895 bits per heavy atom. The number of aryl methyl sites for hydroxylation is 1. The van der Waals surface area contributed by atoms with Crippen molar-refractivity contribution in [1.29, 1.82) is 0 Å². The molecule has 0 aliphatic heterocycles. The molecule has 106 valence electrons. The van der Waals surface area contributed by atoms with E-state index in [1.54, 1.807) is 0 Å². The van der Waals surface area contributed by atoms with Crippen LogP contribution in [0.1, 0.15) is 56.3 Å². The molecule has 0 spiro atoms. The van der Waals surface area contributed by atoms with Crippen molar-refractivity contribution in [2.75, 3.05) is 17.7 Å². The number of nitrogens with one attached hydrogen (secondary N) is 2. The first-order valence-electron chi connectivity index (χ1n) is 7.50. The van der Waals surface area contributed by atoms with Crippen LogP contribution in [0.5, 0.6) is 0 Å². The first kappa shape index (κ1) is 14.1. The van der Waals surface area contributed by atoms with E-state index in [4.69, 9.17) is 0 Å². The Kier molecular flexibility index (Phi) is 5.00. The number of rotatable bonds is 3. The fourth-order valence-electron chi connectivity index (χ4n) is 2.81. The number of nitrogens with zero attached hydrogens (tertiary/aromatic N) is 2. The lowest BCUT2D eigenvalue weighted by molar-refractivity contribution is 0.470. The normalized spacial score (nSPS) is 17.6. The van der Waals surface area contributed by atoms with Crippen LogP contribution >= 0.6 is 0 Å². The van der Waals surface area contributed by atoms with Crippen LogP contribution in [0.25, 0.3) is 0 Å². The zero-order valence-corrected chi connectivity index (χ0v) is 12.4. The van der Waals surface area contributed by atoms with E-state index in [2.05, 4.69) is 27.5 Å². The predicted octanol–water partition coefficient (Wildman–Crippen LogP) is 3.66. The number of anilines is 2. The van der Waals surface area contributed by atoms with Crippen LogP contribution in [0, 0.1) is 13.8 Å². The highest BCUT2D eigenvalue weighted by molar-refractivity contribution is 5.57. The van der Waals surface area contributed by atoms with Crippen LogP contribution in [-0.4, -0.2) is 23.1 Å². The summed E-state index contributed by atoms with van der Waals surface area (Å²) in [6.45, 7) is 4.03. The molecular weight excluding hydrogens is 236 g/mol. The summed E-state index contributed by atoms with van der Waals surface area (Å²) >= 11 is 0. The summed E-state index contributed by atoms with van der Waals surface area (Å²) in [4.78, 5) is 8.98. The lowest BCUT2D eigenvalue weighted by Gasteiger charge is -2.23. The zero-order valence-electron chi connectivity index (χ0n) is 12.4. The second-order valence-corrected chi connectivity index (χ2v) is 5.53. The molecule has 2 rings (SSSR count). The zero-order chi connectivity index (χ0) is 13.7. The molecule has 0 aromatic carbocycles. The van der Waals surface area contributed by atoms with Crippen molar-refractivity contribution in [1.82, 2.24) is 9.97 Å². The molecule has 1 aliphatic rings. The topological polar surface area (TPSA) is 49.8 Å². The van der Waals surface area contributed by atoms with Crippen molar-refractivity contribution in [3.8, 4) is 0 Å². The molecule has 0 saturated heterocycles. The maximum Gasteiger partial charge on any atom is 0.134 e. The first-order chi connectivity index (χ1) is 9.20. The van der Waals surface area contributed by atoms with Gasteiger partial charge in [-0.1, -0.05) is 32.1 Å². The molecule has 1 saturated carbocycles. The highest BCUT2D eigenvalue weighted by atomic mass is 15.1. The molecule has 0 bridgehead atoms. The molecular formula is C15H26N4. The highest BCUT2D eigenvalue weighted by Crippen LogP contribution is 2.24. The van der Waals surface area contributed by atoms with Crippen molar-refractivity contribution in [2.45, 2.75) is 64.8 Å². The third-order valence-electron chi connectivity index (χ3n) is 3.94. The van der Waals surface area contributed by atoms with E-state index in [0.29, 0.717) is 6.04 Å². The van der Waals surface area contributed by atoms with Gasteiger partial charge in [-0.05, 0) is 26.7 Å². The van der Waals surface area contributed by atoms with Crippen molar-refractivity contribution in [3.05, 3.63) is 11.4 Å². The maximum atomic E-state index is 4.57. The Morgan fingerprint density at radius 2 is 1.47 bits per heavy atom. The molecule has 4 nitrogen and oxygen atoms in total. The largest absolute Gasteiger partial charge is 0.373 e. The number of aromatic nitrogens is 2. The van der Waals surface area contributed by atoms with Crippen molar-refractivity contribution in [3.63, 3.8) is 0 Å². The smallest absolute Gasteiger partial charge is 0.134 e. The van der Waals surface area contributed by atoms with Crippen LogP contribution in [0.15, 0.2) is 0 Å². The summed E-state index contributed by atoms with van der Waals surface area (Å²) in [5, 5.41) is 6.79. The lowest BCUT2D eigenvalue weighted by atomic mass is 9.96. The van der Waals surface area contributed by atoms with Crippen molar-refractivity contribution < 1.29 is 0 Å². The van der Waals surface area contributed by atoms with E-state index in [9.17, 15) is 0 Å². The van der Waals surface area contributed by atoms with E-state index < -0.39 is 0 Å². The van der Waals surface area contributed by atoms with E-state index in [1.165, 1.54) is 44.9 Å². The van der Waals surface area contributed by atoms with Crippen LogP contribution in [0.3, 0.4) is 0 Å². The van der Waals surface area contributed by atoms with Gasteiger partial charge in [0.1, 0.15) is 17.5 Å². The molecule has 1 fully saturated rings. The Labute approximate surface area is 116 Å². The molecule has 2 N–H and O–H groups in total. The average Bonchev–Trinajstić information content (AvgIpc) is 2.36. The van der Waals surface area contributed by atoms with Crippen molar-refractivity contribution >= 4 is 11.6 Å². The van der Waals surface area contributed by atoms with Crippen molar-refractivity contribution in [2.24, 2.45) is 0 Å². The van der Waals surface area contributed by atoms with Gasteiger partial charge in [0.25, 0.3) is 0 Å². The van der Waals surface area contributed by atoms with Gasteiger partial charge in [-0.15, -0.1) is 0 Å². The minimum Gasteiger partial charge on any atom is -0.373 e. The van der Waals surface area contributed by atoms with E-state index >= 15 is 0 Å². The van der Waals surface area contributed by atoms with E-state index in [1.807, 2.05) is 14.0 Å². The molecule has 0 atom stereocenters. The fraction of sp³-hybridized carbons (Fsp3) is 0.733. The molecule has 4 heteroatoms. The van der Waals surface area contributed by atoms with E-state index in [-0.39, 0.29) is 0 Å². The van der Waals surface area contributed by atoms with Gasteiger partial charge in [-0.25, -0.2) is 9.97 Å². The third kappa shape index (κ3) is 3.82. The summed E-state index contributed by atoms with van der Waals surface area (Å²) in [7, 11) is 1.91. The first-order valence-corrected chi connectivity index (χ1v) is 7.50. The number of hydrogen-bond acceptors (Lipinski definition) is 4. The average molecular weight is 262 g/mol. The second-order valence-electron chi connectivity index (χ2n) is 5.53. The summed E-state index contributed by atoms with van der Waals surface area (Å²) in [6.07, 6.45) is 9.35. The van der Waals surface area contributed by atoms with E-state index in [0.717, 1.165) is 23.0 Å². The monoisotopic (exact) mass is 262 g/mol. The predicted molar refractivity (Wildman–Crippen MR) is 80.8 cm³/mol. The quantitative estimate of drug-likeness (QED) is 0.873. The molecule has 1 aromatic rings. The van der Waals surface area contributed by atoms with Gasteiger partial charge < -0.3 is 10.6 Å². The van der Waals surface area contributed by atoms with Gasteiger partial charge in [0.05, 0.1) is 0 Å². The van der Waals surface area contributed by atoms with Crippen LogP contribution in [0.2, 0.25) is 0 Å². The van der Waals surface area contributed by atoms with Gasteiger partial charge in [-0.3, -0.25) is 0 Å². The Bertz CT molecular complexity index is 409. The Balaban J connectivity index is 2.10. The SMILES string of the molecule is CNc1nc(C)nc(NC2CCCCCCC2)c1C. The summed E-state index contributed by atoms with van der Waals surface area (Å²) in [5.74, 6) is 2.76. The number of hydrogen-bond donors (Lipinski definition) is 2. The second kappa shape index (κ2) is 6.73. The van der Waals surface area contributed by atoms with Gasteiger partial charge in [0.15, 0.2) is 0 Å². The minimum absolute atomic E-state index is 0.568. The van der Waals surface area contributed by atoms with Crippen LogP contribution in [0.4, 0.5) is 11.6 Å². The lowest BCUT2D eigenvalue weighted by Crippen LogP contribution is -2.22. The molecule has 0 unspecified atom stereocenters. The van der Waals surface area contributed by atoms with Gasteiger partial charge in [0.2, 0.25) is 0 Å². The Morgan fingerprint density at radius 3 is 2.11 bits per heavy atom. The standard InChI is InChI=1S/C15H26N4/c1-11-14(16-3)17-12(2)18-15(11)19-13-9-7-5-4-6-8-10-13/h13H,4-10H2,1-3H3,(H2,16,17,18,19). The van der Waals surface area contributed by atoms with Crippen LogP contribution < -0.4 is 10.6 Å². The summed E-state index contributed by atoms with van der Waals surface area (Å²) in [6, 6.07) is 0.568. The van der Waals surface area contributed by atoms with Gasteiger partial charge >= 0.3 is 0 Å². The molecule has 0 amide bonds. The minimum atomic E-state index is 0.568. The summed E-state index contributed by atoms with van der Waals surface area (Å²) < 4.78 is 0. The van der Waals surface area contributed by atoms with Crippen LogP contribution in [-0.2, 0) is 0 Å². The molecule has 1 aliphatic carbocycles. The molecule has 1 aromatic heterocycles. The summed E-state index contributed by atoms with van der Waals surface area (Å²) in [5.41, 5.74) is 1.12. The fourth-order valence-corrected chi connectivity index (χ4v) is 2.81. The molecule has 19 heavy (non-hydrogen) atoms. The maximum absolute atomic E-state index is 4.57. The van der Waals surface area contributed by atoms with Gasteiger partial charge in [0, 0.05) is 18.7 Å². The Hall–Kier alpha value is -1.32. The third-order valence-corrected chi connectivity index (χ3v) is 3.94. The molecule has 1 heterocycles.